The van der Waals surface area contributed by atoms with E-state index in [1.54, 1.807) is 23.4 Å². The molecule has 2 aromatic heterocycles. The molecule has 1 aliphatic heterocycles. The minimum atomic E-state index is -0.575. The van der Waals surface area contributed by atoms with Crippen LogP contribution in [-0.4, -0.2) is 32.1 Å². The Morgan fingerprint density at radius 1 is 1.21 bits per heavy atom. The van der Waals surface area contributed by atoms with Crippen LogP contribution in [0.1, 0.15) is 22.8 Å². The lowest BCUT2D eigenvalue weighted by Gasteiger charge is -2.23. The van der Waals surface area contributed by atoms with Gasteiger partial charge in [0.25, 0.3) is 5.91 Å². The minimum absolute atomic E-state index is 0.115. The molecule has 3 heterocycles. The minimum Gasteiger partial charge on any atom is -0.361 e. The molecule has 0 radical (unpaired) electrons. The van der Waals surface area contributed by atoms with E-state index in [-0.39, 0.29) is 11.8 Å². The highest BCUT2D eigenvalue weighted by molar-refractivity contribution is 7.04. The first kappa shape index (κ1) is 17.6. The second kappa shape index (κ2) is 6.86. The van der Waals surface area contributed by atoms with Crippen LogP contribution in [0, 0.1) is 0 Å². The normalized spacial score (nSPS) is 14.2. The van der Waals surface area contributed by atoms with Gasteiger partial charge in [0.15, 0.2) is 0 Å². The zero-order valence-electron chi connectivity index (χ0n) is 15.7. The summed E-state index contributed by atoms with van der Waals surface area (Å²) < 4.78 is 3.98. The molecule has 2 aromatic carbocycles. The van der Waals surface area contributed by atoms with Gasteiger partial charge < -0.3 is 15.2 Å². The molecule has 29 heavy (non-hydrogen) atoms. The van der Waals surface area contributed by atoms with Crippen molar-refractivity contribution in [2.24, 2.45) is 0 Å². The number of aromatic nitrogens is 2. The Kier molecular flexibility index (Phi) is 4.17. The van der Waals surface area contributed by atoms with E-state index in [1.165, 1.54) is 11.5 Å². The Balaban J connectivity index is 1.40. The molecule has 0 fully saturated rings. The highest BCUT2D eigenvalue weighted by atomic mass is 32.1. The number of anilines is 1. The Labute approximate surface area is 171 Å². The third-order valence-corrected chi connectivity index (χ3v) is 5.96. The van der Waals surface area contributed by atoms with Gasteiger partial charge in [-0.2, -0.15) is 4.37 Å². The second-order valence-corrected chi connectivity index (χ2v) is 7.82. The van der Waals surface area contributed by atoms with Crippen LogP contribution >= 0.6 is 11.5 Å². The maximum Gasteiger partial charge on any atom is 0.255 e. The van der Waals surface area contributed by atoms with Crippen molar-refractivity contribution in [1.82, 2.24) is 14.3 Å². The van der Waals surface area contributed by atoms with Gasteiger partial charge in [0.05, 0.1) is 11.9 Å². The van der Waals surface area contributed by atoms with Crippen molar-refractivity contribution in [3.63, 3.8) is 0 Å². The van der Waals surface area contributed by atoms with E-state index in [9.17, 15) is 9.59 Å². The quantitative estimate of drug-likeness (QED) is 0.535. The van der Waals surface area contributed by atoms with E-state index < -0.39 is 6.04 Å². The number of hydrogen-bond donors (Lipinski definition) is 2. The average molecular weight is 402 g/mol. The molecule has 0 saturated heterocycles. The lowest BCUT2D eigenvalue weighted by atomic mass is 9.99. The van der Waals surface area contributed by atoms with Crippen LogP contribution in [0.4, 0.5) is 5.69 Å². The topological polar surface area (TPSA) is 78.1 Å². The van der Waals surface area contributed by atoms with Gasteiger partial charge in [-0.25, -0.2) is 0 Å². The molecule has 0 saturated carbocycles. The number of aromatic amines is 1. The summed E-state index contributed by atoms with van der Waals surface area (Å²) >= 11 is 1.27. The summed E-state index contributed by atoms with van der Waals surface area (Å²) in [6, 6.07) is 13.6. The summed E-state index contributed by atoms with van der Waals surface area (Å²) in [6.07, 6.45) is 3.51. The molecule has 2 N–H and O–H groups in total. The predicted molar refractivity (Wildman–Crippen MR) is 114 cm³/mol. The number of nitrogens with one attached hydrogen (secondary N) is 2. The van der Waals surface area contributed by atoms with Gasteiger partial charge >= 0.3 is 0 Å². The highest BCUT2D eigenvalue weighted by Crippen LogP contribution is 2.31. The maximum atomic E-state index is 13.0. The first-order chi connectivity index (χ1) is 14.1. The Hall–Kier alpha value is -3.45. The molecular formula is C22H18N4O2S. The number of nitrogens with zero attached hydrogens (tertiary/aromatic N) is 2. The predicted octanol–water partition coefficient (Wildman–Crippen LogP) is 4.27. The number of carbonyl (C=O) groups is 2. The van der Waals surface area contributed by atoms with Crippen LogP contribution in [0.3, 0.4) is 0 Å². The second-order valence-electron chi connectivity index (χ2n) is 7.16. The molecule has 1 atom stereocenters. The summed E-state index contributed by atoms with van der Waals surface area (Å²) in [4.78, 5) is 30.4. The van der Waals surface area contributed by atoms with Crippen LogP contribution in [-0.2, 0) is 11.3 Å². The summed E-state index contributed by atoms with van der Waals surface area (Å²) in [5.41, 5.74) is 5.38. The number of hydrogen-bond acceptors (Lipinski definition) is 4. The Morgan fingerprint density at radius 2 is 2.03 bits per heavy atom. The van der Waals surface area contributed by atoms with Gasteiger partial charge in [-0.05, 0) is 64.8 Å². The van der Waals surface area contributed by atoms with E-state index >= 15 is 0 Å². The lowest BCUT2D eigenvalue weighted by molar-refractivity contribution is -0.120. The SMILES string of the molecule is C[C@H](C(=O)Nc1cnsc1)N1Cc2ccc(-c3ccc4[nH]ccc4c3)cc2C1=O. The average Bonchev–Trinajstić information content (AvgIpc) is 3.47. The molecule has 7 heteroatoms. The molecule has 0 unspecified atom stereocenters. The number of carbonyl (C=O) groups excluding carboxylic acids is 2. The molecule has 0 bridgehead atoms. The molecule has 0 aliphatic carbocycles. The lowest BCUT2D eigenvalue weighted by Crippen LogP contribution is -2.42. The fourth-order valence-electron chi connectivity index (χ4n) is 3.70. The van der Waals surface area contributed by atoms with Crippen molar-refractivity contribution in [2.45, 2.75) is 19.5 Å². The van der Waals surface area contributed by atoms with Crippen LogP contribution < -0.4 is 5.32 Å². The van der Waals surface area contributed by atoms with Crippen molar-refractivity contribution in [2.75, 3.05) is 5.32 Å². The molecule has 1 aliphatic rings. The number of H-pyrrole nitrogens is 1. The summed E-state index contributed by atoms with van der Waals surface area (Å²) in [5.74, 6) is -0.333. The largest absolute Gasteiger partial charge is 0.361 e. The Morgan fingerprint density at radius 3 is 2.86 bits per heavy atom. The van der Waals surface area contributed by atoms with Gasteiger partial charge in [0.2, 0.25) is 5.91 Å². The monoisotopic (exact) mass is 402 g/mol. The number of fused-ring (bicyclic) bond motifs is 2. The standard InChI is InChI=1S/C22H18N4O2S/c1-13(21(27)25-18-10-24-29-12-18)26-11-17-3-2-15(9-19(17)22(26)28)14-4-5-20-16(8-14)6-7-23-20/h2-10,12-13,23H,11H2,1H3,(H,25,27)/t13-/m1/s1. The fraction of sp³-hybridized carbons (Fsp3) is 0.136. The van der Waals surface area contributed by atoms with E-state index in [4.69, 9.17) is 0 Å². The third-order valence-electron chi connectivity index (χ3n) is 5.38. The zero-order valence-corrected chi connectivity index (χ0v) is 16.5. The number of benzene rings is 2. The third kappa shape index (κ3) is 3.09. The van der Waals surface area contributed by atoms with Gasteiger partial charge in [0.1, 0.15) is 6.04 Å². The van der Waals surface area contributed by atoms with Gasteiger partial charge in [0, 0.05) is 29.2 Å². The van der Waals surface area contributed by atoms with E-state index in [1.807, 2.05) is 42.6 Å². The van der Waals surface area contributed by atoms with Crippen molar-refractivity contribution >= 4 is 39.9 Å². The summed E-state index contributed by atoms with van der Waals surface area (Å²) in [7, 11) is 0. The molecule has 5 rings (SSSR count). The maximum absolute atomic E-state index is 13.0. The zero-order chi connectivity index (χ0) is 20.0. The highest BCUT2D eigenvalue weighted by Gasteiger charge is 2.34. The summed E-state index contributed by atoms with van der Waals surface area (Å²) in [6.45, 7) is 2.18. The Bertz CT molecular complexity index is 1230. The van der Waals surface area contributed by atoms with Crippen LogP contribution in [0.5, 0.6) is 0 Å². The fourth-order valence-corrected chi connectivity index (χ4v) is 4.17. The van der Waals surface area contributed by atoms with Gasteiger partial charge in [-0.3, -0.25) is 9.59 Å². The van der Waals surface area contributed by atoms with Crippen molar-refractivity contribution in [3.8, 4) is 11.1 Å². The summed E-state index contributed by atoms with van der Waals surface area (Å²) in [5, 5.41) is 5.70. The molecule has 6 nitrogen and oxygen atoms in total. The van der Waals surface area contributed by atoms with Crippen LogP contribution in [0.2, 0.25) is 0 Å². The van der Waals surface area contributed by atoms with Gasteiger partial charge in [-0.15, -0.1) is 0 Å². The van der Waals surface area contributed by atoms with Crippen LogP contribution in [0.15, 0.2) is 60.2 Å². The molecule has 0 spiro atoms. The van der Waals surface area contributed by atoms with Crippen molar-refractivity contribution in [1.29, 1.82) is 0 Å². The molecule has 144 valence electrons. The molecular weight excluding hydrogens is 384 g/mol. The first-order valence-electron chi connectivity index (χ1n) is 9.32. The molecule has 4 aromatic rings. The van der Waals surface area contributed by atoms with E-state index in [0.717, 1.165) is 27.6 Å². The van der Waals surface area contributed by atoms with Crippen molar-refractivity contribution < 1.29 is 9.59 Å². The van der Waals surface area contributed by atoms with Crippen molar-refractivity contribution in [3.05, 3.63) is 71.4 Å². The molecule has 2 amide bonds. The van der Waals surface area contributed by atoms with Crippen LogP contribution in [0.25, 0.3) is 22.0 Å². The smallest absolute Gasteiger partial charge is 0.255 e. The number of amides is 2. The number of rotatable bonds is 4. The van der Waals surface area contributed by atoms with E-state index in [2.05, 4.69) is 20.7 Å². The first-order valence-corrected chi connectivity index (χ1v) is 10.2. The van der Waals surface area contributed by atoms with E-state index in [0.29, 0.717) is 17.8 Å². The van der Waals surface area contributed by atoms with Gasteiger partial charge in [-0.1, -0.05) is 18.2 Å².